The molecule has 2 bridgehead atoms. The first-order valence-corrected chi connectivity index (χ1v) is 17.7. The van der Waals surface area contributed by atoms with E-state index in [1.165, 1.54) is 26.0 Å². The van der Waals surface area contributed by atoms with Crippen molar-refractivity contribution >= 4 is 29.8 Å². The summed E-state index contributed by atoms with van der Waals surface area (Å²) in [5.41, 5.74) is -7.57. The number of benzene rings is 2. The molecule has 2 aliphatic carbocycles. The highest BCUT2D eigenvalue weighted by Crippen LogP contribution is 2.70. The first-order chi connectivity index (χ1) is 24.9. The fourth-order valence-corrected chi connectivity index (χ4v) is 9.85. The van der Waals surface area contributed by atoms with Gasteiger partial charge in [-0.2, -0.15) is 0 Å². The zero-order valence-corrected chi connectivity index (χ0v) is 30.8. The van der Waals surface area contributed by atoms with Gasteiger partial charge in [0.25, 0.3) is 0 Å². The normalized spacial score (nSPS) is 39.5. The highest BCUT2D eigenvalue weighted by molar-refractivity contribution is 5.90. The Morgan fingerprint density at radius 1 is 0.755 bits per heavy atom. The molecule has 2 saturated carbocycles. The molecule has 4 fully saturated rings. The van der Waals surface area contributed by atoms with E-state index in [-0.39, 0.29) is 23.1 Å². The smallest absolute Gasteiger partial charge is 0.339 e. The summed E-state index contributed by atoms with van der Waals surface area (Å²) < 4.78 is 37.6. The van der Waals surface area contributed by atoms with Crippen LogP contribution in [0.15, 0.2) is 72.8 Å². The molecule has 2 aliphatic heterocycles. The second-order valence-corrected chi connectivity index (χ2v) is 15.1. The predicted molar refractivity (Wildman–Crippen MR) is 185 cm³/mol. The monoisotopic (exact) mass is 734 g/mol. The summed E-state index contributed by atoms with van der Waals surface area (Å²) in [6.45, 7) is 13.9. The number of aliphatic hydroxyl groups is 2. The van der Waals surface area contributed by atoms with E-state index < -0.39 is 106 Å². The molecule has 2 saturated heterocycles. The third kappa shape index (κ3) is 5.58. The van der Waals surface area contributed by atoms with E-state index in [1.807, 2.05) is 0 Å². The summed E-state index contributed by atoms with van der Waals surface area (Å²) in [6, 6.07) is 16.1. The van der Waals surface area contributed by atoms with Gasteiger partial charge in [0.15, 0.2) is 18.3 Å². The van der Waals surface area contributed by atoms with Crippen molar-refractivity contribution in [2.75, 3.05) is 0 Å². The first-order valence-electron chi connectivity index (χ1n) is 17.7. The molecule has 284 valence electrons. The van der Waals surface area contributed by atoms with Crippen LogP contribution in [0.5, 0.6) is 0 Å². The number of hydrogen-bond acceptors (Lipinski definition) is 13. The summed E-state index contributed by atoms with van der Waals surface area (Å²) >= 11 is 0. The summed E-state index contributed by atoms with van der Waals surface area (Å²) in [7, 11) is 0. The Hall–Kier alpha value is -4.59. The van der Waals surface area contributed by atoms with Gasteiger partial charge in [-0.3, -0.25) is 14.4 Å². The van der Waals surface area contributed by atoms with Crippen LogP contribution in [0.25, 0.3) is 0 Å². The molecular formula is C40H46O13. The summed E-state index contributed by atoms with van der Waals surface area (Å²) in [5.74, 6) is -8.56. The van der Waals surface area contributed by atoms with Crippen LogP contribution in [0.2, 0.25) is 0 Å². The van der Waals surface area contributed by atoms with Gasteiger partial charge in [0.1, 0.15) is 17.3 Å². The van der Waals surface area contributed by atoms with Crippen LogP contribution in [0.1, 0.15) is 75.6 Å². The number of aliphatic hydroxyl groups excluding tert-OH is 1. The third-order valence-corrected chi connectivity index (χ3v) is 11.9. The molecule has 0 aromatic heterocycles. The van der Waals surface area contributed by atoms with Gasteiger partial charge in [-0.25, -0.2) is 9.59 Å². The molecule has 0 amide bonds. The topological polar surface area (TPSA) is 181 Å². The van der Waals surface area contributed by atoms with Crippen LogP contribution in [-0.4, -0.2) is 93.0 Å². The van der Waals surface area contributed by atoms with Crippen LogP contribution in [0, 0.1) is 23.7 Å². The maximum Gasteiger partial charge on any atom is 0.339 e. The Morgan fingerprint density at radius 3 is 1.75 bits per heavy atom. The largest absolute Gasteiger partial charge is 0.459 e. The van der Waals surface area contributed by atoms with Gasteiger partial charge in [0, 0.05) is 32.6 Å². The van der Waals surface area contributed by atoms with Crippen LogP contribution in [-0.2, 0) is 42.8 Å². The van der Waals surface area contributed by atoms with Gasteiger partial charge in [-0.15, -0.1) is 0 Å². The van der Waals surface area contributed by atoms with Crippen molar-refractivity contribution < 1.29 is 62.6 Å². The molecule has 6 rings (SSSR count). The number of carbonyl (C=O) groups is 5. The molecule has 0 radical (unpaired) electrons. The predicted octanol–water partition coefficient (Wildman–Crippen LogP) is 3.73. The fraction of sp³-hybridized carbons (Fsp3) is 0.525. The van der Waals surface area contributed by atoms with Crippen molar-refractivity contribution in [2.45, 2.75) is 108 Å². The highest BCUT2D eigenvalue weighted by atomic mass is 16.7. The molecule has 2 heterocycles. The zero-order chi connectivity index (χ0) is 38.8. The van der Waals surface area contributed by atoms with E-state index in [9.17, 15) is 34.2 Å². The number of esters is 5. The van der Waals surface area contributed by atoms with Crippen molar-refractivity contribution in [1.82, 2.24) is 0 Å². The molecule has 13 heteroatoms. The average Bonchev–Trinajstić information content (AvgIpc) is 3.31. The molecule has 0 unspecified atom stereocenters. The lowest BCUT2D eigenvalue weighted by Gasteiger charge is -2.62. The van der Waals surface area contributed by atoms with Crippen LogP contribution >= 0.6 is 0 Å². The molecule has 4 aliphatic rings. The van der Waals surface area contributed by atoms with Crippen LogP contribution < -0.4 is 0 Å². The van der Waals surface area contributed by atoms with Gasteiger partial charge in [0.05, 0.1) is 28.7 Å². The Balaban J connectivity index is 1.65. The zero-order valence-electron chi connectivity index (χ0n) is 30.8. The van der Waals surface area contributed by atoms with Crippen molar-refractivity contribution in [3.05, 3.63) is 83.9 Å². The van der Waals surface area contributed by atoms with E-state index in [0.717, 1.165) is 20.8 Å². The van der Waals surface area contributed by atoms with Gasteiger partial charge >= 0.3 is 29.8 Å². The maximum absolute atomic E-state index is 14.1. The van der Waals surface area contributed by atoms with Gasteiger partial charge in [-0.1, -0.05) is 56.8 Å². The highest BCUT2D eigenvalue weighted by Gasteiger charge is 2.88. The van der Waals surface area contributed by atoms with Gasteiger partial charge in [-0.05, 0) is 56.0 Å². The molecule has 2 N–H and O–H groups in total. The quantitative estimate of drug-likeness (QED) is 0.228. The first kappa shape index (κ1) is 38.1. The lowest BCUT2D eigenvalue weighted by atomic mass is 9.52. The number of fused-ring (bicyclic) bond motifs is 3. The molecular weight excluding hydrogens is 688 g/mol. The average molecular weight is 735 g/mol. The Labute approximate surface area is 307 Å². The molecule has 53 heavy (non-hydrogen) atoms. The van der Waals surface area contributed by atoms with Gasteiger partial charge < -0.3 is 38.6 Å². The van der Waals surface area contributed by atoms with Crippen LogP contribution in [0.4, 0.5) is 0 Å². The van der Waals surface area contributed by atoms with Crippen molar-refractivity contribution in [3.63, 3.8) is 0 Å². The van der Waals surface area contributed by atoms with Crippen molar-refractivity contribution in [3.8, 4) is 0 Å². The number of hydrogen-bond donors (Lipinski definition) is 2. The number of carbonyl (C=O) groups excluding carboxylic acids is 5. The summed E-state index contributed by atoms with van der Waals surface area (Å²) in [4.78, 5) is 67.2. The third-order valence-electron chi connectivity index (χ3n) is 11.9. The molecule has 2 aromatic rings. The number of ether oxygens (including phenoxy) is 6. The SMILES string of the molecule is C=C(C)[C@@]1(OC(=O)c2ccccc2)[C@H](OC(C)=O)[C@@H]2[C@H](OC(C)=O)[C@@]3(C)O[C@@]4([C@@H]3OC(=O)c3ccccc3)[C@@H](O)[C@@H](C)C[C@H]4[C@@]2(O)[C@H](C)[C@@H]1OC(C)=O. The second kappa shape index (κ2) is 13.4. The lowest BCUT2D eigenvalue weighted by Crippen LogP contribution is -2.80. The van der Waals surface area contributed by atoms with E-state index in [0.29, 0.717) is 0 Å². The summed E-state index contributed by atoms with van der Waals surface area (Å²) in [5, 5.41) is 25.7. The van der Waals surface area contributed by atoms with E-state index in [4.69, 9.17) is 28.4 Å². The molecule has 13 nitrogen and oxygen atoms in total. The fourth-order valence-electron chi connectivity index (χ4n) is 9.85. The minimum absolute atomic E-state index is 0.0824. The van der Waals surface area contributed by atoms with E-state index in [2.05, 4.69) is 6.58 Å². The minimum atomic E-state index is -2.20. The van der Waals surface area contributed by atoms with Gasteiger partial charge in [0.2, 0.25) is 5.60 Å². The molecule has 1 spiro atoms. The Bertz CT molecular complexity index is 1810. The Morgan fingerprint density at radius 2 is 1.25 bits per heavy atom. The number of rotatable bonds is 8. The van der Waals surface area contributed by atoms with E-state index >= 15 is 0 Å². The Kier molecular flexibility index (Phi) is 9.62. The van der Waals surface area contributed by atoms with Crippen molar-refractivity contribution in [1.29, 1.82) is 0 Å². The van der Waals surface area contributed by atoms with Crippen molar-refractivity contribution in [2.24, 2.45) is 23.7 Å². The minimum Gasteiger partial charge on any atom is -0.459 e. The standard InChI is InChI=1S/C40H46O13/c1-20(2)39(52-35(46)27-17-13-10-14-18-27)31(48-23(5)41)22(4)38(47)28-19-21(3)30(44)40(28)36(51-34(45)26-15-11-9-12-16-26)37(8,53-40)32(49-24(6)42)29(38)33(39)50-25(7)43/h9-18,21-22,28-33,36,44,47H,1,19H2,2-8H3/t21-,22+,28-,29-,30-,31-,32-,33+,36+,37+,38-,39-,40+/m0/s1. The lowest BCUT2D eigenvalue weighted by molar-refractivity contribution is -0.388. The van der Waals surface area contributed by atoms with E-state index in [1.54, 1.807) is 62.4 Å². The van der Waals surface area contributed by atoms with Crippen LogP contribution in [0.3, 0.4) is 0 Å². The second-order valence-electron chi connectivity index (χ2n) is 15.1. The summed E-state index contributed by atoms with van der Waals surface area (Å²) in [6.07, 6.45) is -7.47. The molecule has 13 atom stereocenters. The molecule has 2 aromatic carbocycles. The maximum atomic E-state index is 14.1.